The zero-order chi connectivity index (χ0) is 19.4. The minimum absolute atomic E-state index is 0. The third-order valence-corrected chi connectivity index (χ3v) is 5.44. The predicted molar refractivity (Wildman–Crippen MR) is 121 cm³/mol. The van der Waals surface area contributed by atoms with E-state index in [0.717, 1.165) is 38.3 Å². The number of primary amides is 1. The molecule has 1 aliphatic heterocycles. The molecule has 0 aromatic heterocycles. The summed E-state index contributed by atoms with van der Waals surface area (Å²) in [6, 6.07) is 5.24. The molecule has 0 spiro atoms. The Balaban J connectivity index is 0.00000280. The van der Waals surface area contributed by atoms with Gasteiger partial charge in [0.05, 0.1) is 6.54 Å². The number of benzene rings is 1. The van der Waals surface area contributed by atoms with Crippen LogP contribution in [0.3, 0.4) is 0 Å². The monoisotopic (exact) mass is 523 g/mol. The predicted octanol–water partition coefficient (Wildman–Crippen LogP) is 2.46. The summed E-state index contributed by atoms with van der Waals surface area (Å²) in [7, 11) is 0. The Morgan fingerprint density at radius 2 is 2.07 bits per heavy atom. The largest absolute Gasteiger partial charge is 0.369 e. The maximum Gasteiger partial charge on any atom is 0.231 e. The first-order valence-corrected chi connectivity index (χ1v) is 9.87. The number of hydrogen-bond acceptors (Lipinski definition) is 3. The first kappa shape index (κ1) is 23.2. The molecule has 28 heavy (non-hydrogen) atoms. The van der Waals surface area contributed by atoms with Crippen molar-refractivity contribution < 1.29 is 9.18 Å². The molecule has 2 atom stereocenters. The number of halogens is 3. The number of aliphatic imine (C=N–C) groups is 1. The Bertz CT molecular complexity index is 691. The maximum atomic E-state index is 14.1. The van der Waals surface area contributed by atoms with Crippen LogP contribution in [0.2, 0.25) is 5.02 Å². The van der Waals surface area contributed by atoms with Crippen LogP contribution < -0.4 is 16.4 Å². The van der Waals surface area contributed by atoms with E-state index in [9.17, 15) is 9.18 Å². The molecule has 2 aliphatic rings. The molecule has 4 N–H and O–H groups in total. The van der Waals surface area contributed by atoms with Crippen molar-refractivity contribution in [3.8, 4) is 0 Å². The smallest absolute Gasteiger partial charge is 0.231 e. The number of hydrogen-bond donors (Lipinski definition) is 3. The summed E-state index contributed by atoms with van der Waals surface area (Å²) in [4.78, 5) is 17.6. The molecule has 2 fully saturated rings. The summed E-state index contributed by atoms with van der Waals surface area (Å²) in [6.45, 7) is 4.62. The fourth-order valence-electron chi connectivity index (χ4n) is 3.65. The molecule has 1 aliphatic carbocycles. The van der Waals surface area contributed by atoms with E-state index in [0.29, 0.717) is 29.7 Å². The molecule has 9 heteroatoms. The topological polar surface area (TPSA) is 82.8 Å². The molecule has 3 rings (SSSR count). The molecule has 1 aromatic rings. The minimum atomic E-state index is -0.289. The molecule has 6 nitrogen and oxygen atoms in total. The van der Waals surface area contributed by atoms with Gasteiger partial charge < -0.3 is 16.4 Å². The third-order valence-electron chi connectivity index (χ3n) is 5.11. The number of carbonyl (C=O) groups excluding carboxylic acids is 1. The highest BCUT2D eigenvalue weighted by Gasteiger charge is 2.42. The number of guanidine groups is 1. The Labute approximate surface area is 187 Å². The highest BCUT2D eigenvalue weighted by atomic mass is 127. The summed E-state index contributed by atoms with van der Waals surface area (Å²) >= 11 is 6.18. The lowest BCUT2D eigenvalue weighted by Crippen LogP contribution is -2.50. The number of nitrogens with zero attached hydrogens (tertiary/aromatic N) is 2. The molecule has 1 heterocycles. The fourth-order valence-corrected chi connectivity index (χ4v) is 3.96. The van der Waals surface area contributed by atoms with Crippen LogP contribution in [0, 0.1) is 5.82 Å². The molecule has 1 saturated carbocycles. The summed E-state index contributed by atoms with van der Waals surface area (Å²) < 4.78 is 14.1. The zero-order valence-corrected chi connectivity index (χ0v) is 19.0. The lowest BCUT2D eigenvalue weighted by atomic mass is 10.1. The third kappa shape index (κ3) is 6.18. The van der Waals surface area contributed by atoms with Gasteiger partial charge in [0, 0.05) is 48.2 Å². The van der Waals surface area contributed by atoms with Crippen LogP contribution in [-0.2, 0) is 4.79 Å². The normalized spacial score (nSPS) is 23.0. The summed E-state index contributed by atoms with van der Waals surface area (Å²) in [5.74, 6) is 0.286. The Hall–Kier alpha value is -1.13. The highest BCUT2D eigenvalue weighted by Crippen LogP contribution is 2.44. The van der Waals surface area contributed by atoms with E-state index < -0.39 is 0 Å². The van der Waals surface area contributed by atoms with E-state index in [1.165, 1.54) is 6.07 Å². The van der Waals surface area contributed by atoms with Crippen molar-refractivity contribution in [2.75, 3.05) is 26.2 Å². The average molecular weight is 524 g/mol. The maximum absolute atomic E-state index is 14.1. The number of piperidine rings is 1. The van der Waals surface area contributed by atoms with Crippen molar-refractivity contribution >= 4 is 47.4 Å². The van der Waals surface area contributed by atoms with Crippen molar-refractivity contribution in [1.29, 1.82) is 0 Å². The van der Waals surface area contributed by atoms with Gasteiger partial charge in [-0.15, -0.1) is 24.0 Å². The Kier molecular flexibility index (Phi) is 8.76. The number of nitrogens with one attached hydrogen (secondary N) is 2. The van der Waals surface area contributed by atoms with E-state index >= 15 is 0 Å². The lowest BCUT2D eigenvalue weighted by molar-refractivity contribution is -0.119. The van der Waals surface area contributed by atoms with Crippen molar-refractivity contribution in [3.05, 3.63) is 34.6 Å². The van der Waals surface area contributed by atoms with Gasteiger partial charge in [-0.2, -0.15) is 0 Å². The van der Waals surface area contributed by atoms with Crippen LogP contribution in [0.15, 0.2) is 23.2 Å². The standard InChI is InChI=1S/C19H27ClFN5O.HI/c1-2-23-19(24-12-6-8-26(9-7-12)11-17(22)27)25-16-10-13(16)18-14(20)4-3-5-15(18)21;/h3-5,12-13,16H,2,6-11H2,1H3,(H2,22,27)(H2,23,24,25);1H. The molecule has 0 bridgehead atoms. The molecular weight excluding hydrogens is 496 g/mol. The number of amides is 1. The number of likely N-dealkylation sites (tertiary alicyclic amines) is 1. The van der Waals surface area contributed by atoms with Gasteiger partial charge in [-0.1, -0.05) is 17.7 Å². The van der Waals surface area contributed by atoms with Gasteiger partial charge in [-0.3, -0.25) is 14.7 Å². The number of rotatable bonds is 6. The molecular formula is C19H28ClFIN5O. The summed E-state index contributed by atoms with van der Waals surface area (Å²) in [5.41, 5.74) is 5.85. The average Bonchev–Trinajstić information content (AvgIpc) is 3.35. The van der Waals surface area contributed by atoms with Gasteiger partial charge in [-0.05, 0) is 38.3 Å². The zero-order valence-electron chi connectivity index (χ0n) is 16.0. The first-order chi connectivity index (χ1) is 13.0. The first-order valence-electron chi connectivity index (χ1n) is 9.50. The van der Waals surface area contributed by atoms with Crippen LogP contribution in [-0.4, -0.2) is 55.0 Å². The second-order valence-corrected chi connectivity index (χ2v) is 7.62. The molecule has 1 aromatic carbocycles. The SMILES string of the molecule is CCN=C(NC1CCN(CC(N)=O)CC1)NC1CC1c1c(F)cccc1Cl.I. The van der Waals surface area contributed by atoms with Crippen molar-refractivity contribution in [2.24, 2.45) is 10.7 Å². The van der Waals surface area contributed by atoms with Crippen molar-refractivity contribution in [2.45, 2.75) is 44.2 Å². The molecule has 0 radical (unpaired) electrons. The lowest BCUT2D eigenvalue weighted by Gasteiger charge is -2.32. The van der Waals surface area contributed by atoms with E-state index in [1.807, 2.05) is 6.92 Å². The van der Waals surface area contributed by atoms with Gasteiger partial charge in [0.15, 0.2) is 5.96 Å². The van der Waals surface area contributed by atoms with E-state index in [-0.39, 0.29) is 47.7 Å². The van der Waals surface area contributed by atoms with Crippen LogP contribution >= 0.6 is 35.6 Å². The van der Waals surface area contributed by atoms with Crippen LogP contribution in [0.5, 0.6) is 0 Å². The quantitative estimate of drug-likeness (QED) is 0.304. The number of nitrogens with two attached hydrogens (primary N) is 1. The summed E-state index contributed by atoms with van der Waals surface area (Å²) in [6.07, 6.45) is 2.68. The van der Waals surface area contributed by atoms with Crippen LogP contribution in [0.4, 0.5) is 4.39 Å². The molecule has 1 amide bonds. The molecule has 2 unspecified atom stereocenters. The van der Waals surface area contributed by atoms with Gasteiger partial charge in [0.1, 0.15) is 5.82 Å². The van der Waals surface area contributed by atoms with Gasteiger partial charge in [0.2, 0.25) is 5.91 Å². The summed E-state index contributed by atoms with van der Waals surface area (Å²) in [5, 5.41) is 7.36. The van der Waals surface area contributed by atoms with Gasteiger partial charge >= 0.3 is 0 Å². The van der Waals surface area contributed by atoms with Gasteiger partial charge in [-0.25, -0.2) is 4.39 Å². The van der Waals surface area contributed by atoms with E-state index in [4.69, 9.17) is 17.3 Å². The van der Waals surface area contributed by atoms with Crippen molar-refractivity contribution in [3.63, 3.8) is 0 Å². The minimum Gasteiger partial charge on any atom is -0.369 e. The second-order valence-electron chi connectivity index (χ2n) is 7.21. The Morgan fingerprint density at radius 3 is 2.68 bits per heavy atom. The van der Waals surface area contributed by atoms with E-state index in [2.05, 4.69) is 20.5 Å². The molecule has 156 valence electrons. The highest BCUT2D eigenvalue weighted by molar-refractivity contribution is 14.0. The van der Waals surface area contributed by atoms with Crippen molar-refractivity contribution in [1.82, 2.24) is 15.5 Å². The second kappa shape index (κ2) is 10.6. The van der Waals surface area contributed by atoms with Crippen LogP contribution in [0.1, 0.15) is 37.7 Å². The van der Waals surface area contributed by atoms with Gasteiger partial charge in [0.25, 0.3) is 0 Å². The van der Waals surface area contributed by atoms with E-state index in [1.54, 1.807) is 12.1 Å². The fraction of sp³-hybridized carbons (Fsp3) is 0.579. The van der Waals surface area contributed by atoms with Crippen LogP contribution in [0.25, 0.3) is 0 Å². The number of carbonyl (C=O) groups is 1. The Morgan fingerprint density at radius 1 is 1.36 bits per heavy atom. The molecule has 1 saturated heterocycles.